The number of benzene rings is 3. The van der Waals surface area contributed by atoms with Crippen LogP contribution in [0.25, 0.3) is 11.5 Å². The maximum Gasteiger partial charge on any atom is 0.250 e. The topological polar surface area (TPSA) is 45.4 Å². The molecule has 5 nitrogen and oxygen atoms in total. The highest BCUT2D eigenvalue weighted by atomic mass is 19.1. The van der Waals surface area contributed by atoms with E-state index in [2.05, 4.69) is 64.2 Å². The van der Waals surface area contributed by atoms with Crippen LogP contribution in [0.1, 0.15) is 28.6 Å². The van der Waals surface area contributed by atoms with Crippen molar-refractivity contribution >= 4 is 5.69 Å². The molecule has 4 aromatic rings. The Labute approximate surface area is 193 Å². The molecule has 2 heterocycles. The van der Waals surface area contributed by atoms with Crippen LogP contribution in [0.3, 0.4) is 0 Å². The van der Waals surface area contributed by atoms with E-state index in [4.69, 9.17) is 4.42 Å². The summed E-state index contributed by atoms with van der Waals surface area (Å²) in [5.41, 5.74) is 5.34. The van der Waals surface area contributed by atoms with E-state index in [9.17, 15) is 4.39 Å². The zero-order valence-electron chi connectivity index (χ0n) is 18.9. The van der Waals surface area contributed by atoms with Crippen LogP contribution in [0.4, 0.5) is 10.1 Å². The Morgan fingerprint density at radius 1 is 0.818 bits per heavy atom. The van der Waals surface area contributed by atoms with Crippen molar-refractivity contribution in [1.82, 2.24) is 15.1 Å². The van der Waals surface area contributed by atoms with E-state index in [1.165, 1.54) is 22.9 Å². The Morgan fingerprint density at radius 3 is 2.30 bits per heavy atom. The van der Waals surface area contributed by atoms with E-state index >= 15 is 0 Å². The van der Waals surface area contributed by atoms with Gasteiger partial charge in [0.25, 0.3) is 5.89 Å². The molecular formula is C27H27FN4O. The molecule has 1 aromatic heterocycles. The van der Waals surface area contributed by atoms with Gasteiger partial charge in [-0.25, -0.2) is 4.39 Å². The molecule has 0 aliphatic carbocycles. The SMILES string of the molecule is Cc1cccc(N2CCN([C@H](c3ccccc3)c3nnc(-c4ccccc4F)o3)CC2)c1C. The van der Waals surface area contributed by atoms with Crippen LogP contribution < -0.4 is 4.90 Å². The Bertz CT molecular complexity index is 1230. The van der Waals surface area contributed by atoms with Crippen molar-refractivity contribution in [3.63, 3.8) is 0 Å². The summed E-state index contributed by atoms with van der Waals surface area (Å²) in [5.74, 6) is 0.323. The largest absolute Gasteiger partial charge is 0.418 e. The number of hydrogen-bond donors (Lipinski definition) is 0. The minimum atomic E-state index is -0.369. The third kappa shape index (κ3) is 4.26. The summed E-state index contributed by atoms with van der Waals surface area (Å²) in [5, 5.41) is 8.53. The molecule has 1 aliphatic heterocycles. The number of hydrogen-bond acceptors (Lipinski definition) is 5. The normalized spacial score (nSPS) is 15.5. The third-order valence-corrected chi connectivity index (χ3v) is 6.49. The van der Waals surface area contributed by atoms with Crippen LogP contribution >= 0.6 is 0 Å². The van der Waals surface area contributed by atoms with Gasteiger partial charge in [0.15, 0.2) is 0 Å². The van der Waals surface area contributed by atoms with E-state index in [1.807, 2.05) is 18.2 Å². The molecule has 6 heteroatoms. The molecule has 1 fully saturated rings. The lowest BCUT2D eigenvalue weighted by Crippen LogP contribution is -2.48. The molecule has 0 unspecified atom stereocenters. The van der Waals surface area contributed by atoms with Crippen LogP contribution in [0.5, 0.6) is 0 Å². The van der Waals surface area contributed by atoms with Crippen molar-refractivity contribution in [1.29, 1.82) is 0 Å². The van der Waals surface area contributed by atoms with Gasteiger partial charge in [0, 0.05) is 31.9 Å². The van der Waals surface area contributed by atoms with E-state index in [0.717, 1.165) is 31.7 Å². The molecule has 0 saturated carbocycles. The van der Waals surface area contributed by atoms with E-state index < -0.39 is 0 Å². The van der Waals surface area contributed by atoms with Gasteiger partial charge in [0.1, 0.15) is 11.9 Å². The molecule has 1 atom stereocenters. The van der Waals surface area contributed by atoms with Gasteiger partial charge in [0.05, 0.1) is 5.56 Å². The second-order valence-electron chi connectivity index (χ2n) is 8.48. The van der Waals surface area contributed by atoms with E-state index in [0.29, 0.717) is 11.5 Å². The summed E-state index contributed by atoms with van der Waals surface area (Å²) in [6.07, 6.45) is 0. The van der Waals surface area contributed by atoms with Crippen molar-refractivity contribution in [2.75, 3.05) is 31.1 Å². The van der Waals surface area contributed by atoms with Gasteiger partial charge in [0.2, 0.25) is 5.89 Å². The molecule has 1 aliphatic rings. The van der Waals surface area contributed by atoms with E-state index in [1.54, 1.807) is 18.2 Å². The quantitative estimate of drug-likeness (QED) is 0.414. The summed E-state index contributed by atoms with van der Waals surface area (Å²) < 4.78 is 20.3. The van der Waals surface area contributed by atoms with Gasteiger partial charge in [-0.05, 0) is 48.7 Å². The lowest BCUT2D eigenvalue weighted by molar-refractivity contribution is 0.188. The summed E-state index contributed by atoms with van der Waals surface area (Å²) >= 11 is 0. The smallest absolute Gasteiger partial charge is 0.250 e. The highest BCUT2D eigenvalue weighted by Gasteiger charge is 2.31. The fourth-order valence-electron chi connectivity index (χ4n) is 4.53. The van der Waals surface area contributed by atoms with Gasteiger partial charge < -0.3 is 9.32 Å². The van der Waals surface area contributed by atoms with E-state index in [-0.39, 0.29) is 17.7 Å². The number of piperazine rings is 1. The number of rotatable bonds is 5. The number of aromatic nitrogens is 2. The van der Waals surface area contributed by atoms with Crippen LogP contribution in [-0.4, -0.2) is 41.3 Å². The lowest BCUT2D eigenvalue weighted by Gasteiger charge is -2.39. The van der Waals surface area contributed by atoms with Crippen LogP contribution in [0.15, 0.2) is 77.2 Å². The summed E-state index contributed by atoms with van der Waals surface area (Å²) in [6, 6.07) is 23.0. The van der Waals surface area contributed by atoms with Crippen LogP contribution in [0, 0.1) is 19.7 Å². The molecule has 0 N–H and O–H groups in total. The molecule has 0 amide bonds. The molecular weight excluding hydrogens is 415 g/mol. The fraction of sp³-hybridized carbons (Fsp3) is 0.259. The Morgan fingerprint density at radius 2 is 1.55 bits per heavy atom. The second-order valence-corrected chi connectivity index (χ2v) is 8.48. The number of anilines is 1. The number of aryl methyl sites for hydroxylation is 1. The van der Waals surface area contributed by atoms with Crippen molar-refractivity contribution in [2.45, 2.75) is 19.9 Å². The fourth-order valence-corrected chi connectivity index (χ4v) is 4.53. The summed E-state index contributed by atoms with van der Waals surface area (Å²) in [6.45, 7) is 7.86. The first-order chi connectivity index (χ1) is 16.1. The van der Waals surface area contributed by atoms with Gasteiger partial charge in [-0.2, -0.15) is 0 Å². The maximum atomic E-state index is 14.3. The lowest BCUT2D eigenvalue weighted by atomic mass is 10.0. The van der Waals surface area contributed by atoms with Crippen LogP contribution in [0.2, 0.25) is 0 Å². The highest BCUT2D eigenvalue weighted by molar-refractivity contribution is 5.56. The van der Waals surface area contributed by atoms with Crippen molar-refractivity contribution in [3.8, 4) is 11.5 Å². The Balaban J connectivity index is 1.42. The molecule has 0 radical (unpaired) electrons. The van der Waals surface area contributed by atoms with Gasteiger partial charge >= 0.3 is 0 Å². The average molecular weight is 443 g/mol. The van der Waals surface area contributed by atoms with Gasteiger partial charge in [-0.15, -0.1) is 10.2 Å². The molecule has 1 saturated heterocycles. The first-order valence-electron chi connectivity index (χ1n) is 11.3. The average Bonchev–Trinajstić information content (AvgIpc) is 3.32. The molecule has 3 aromatic carbocycles. The first kappa shape index (κ1) is 21.3. The Hall–Kier alpha value is -3.51. The van der Waals surface area contributed by atoms with Gasteiger partial charge in [-0.3, -0.25) is 4.90 Å². The second kappa shape index (κ2) is 9.16. The zero-order chi connectivity index (χ0) is 22.8. The zero-order valence-corrected chi connectivity index (χ0v) is 18.9. The molecule has 0 spiro atoms. The molecule has 168 valence electrons. The van der Waals surface area contributed by atoms with Crippen molar-refractivity contribution in [2.24, 2.45) is 0 Å². The molecule has 33 heavy (non-hydrogen) atoms. The maximum absolute atomic E-state index is 14.3. The molecule has 5 rings (SSSR count). The predicted molar refractivity (Wildman–Crippen MR) is 128 cm³/mol. The highest BCUT2D eigenvalue weighted by Crippen LogP contribution is 2.32. The number of nitrogens with zero attached hydrogens (tertiary/aromatic N) is 4. The van der Waals surface area contributed by atoms with Crippen LogP contribution in [-0.2, 0) is 0 Å². The standard InChI is InChI=1S/C27H27FN4O/c1-19-9-8-14-24(20(19)2)31-15-17-32(18-16-31)25(21-10-4-3-5-11-21)27-30-29-26(33-27)22-12-6-7-13-23(22)28/h3-14,25H,15-18H2,1-2H3/t25-/m1/s1. The minimum Gasteiger partial charge on any atom is -0.418 e. The van der Waals surface area contributed by atoms with Crippen molar-refractivity contribution < 1.29 is 8.81 Å². The Kier molecular flexibility index (Phi) is 5.92. The summed E-state index contributed by atoms with van der Waals surface area (Å²) in [4.78, 5) is 4.81. The minimum absolute atomic E-state index is 0.181. The third-order valence-electron chi connectivity index (χ3n) is 6.49. The number of halogens is 1. The first-order valence-corrected chi connectivity index (χ1v) is 11.3. The molecule has 0 bridgehead atoms. The summed E-state index contributed by atoms with van der Waals surface area (Å²) in [7, 11) is 0. The van der Waals surface area contributed by atoms with Crippen molar-refractivity contribution in [3.05, 3.63) is 101 Å². The van der Waals surface area contributed by atoms with Gasteiger partial charge in [-0.1, -0.05) is 54.6 Å². The monoisotopic (exact) mass is 442 g/mol. The predicted octanol–water partition coefficient (Wildman–Crippen LogP) is 5.40.